The Morgan fingerprint density at radius 2 is 1.75 bits per heavy atom. The van der Waals surface area contributed by atoms with E-state index in [0.29, 0.717) is 6.54 Å². The lowest BCUT2D eigenvalue weighted by atomic mass is 10.1. The SMILES string of the molecule is C[C@@H](Cc1ccccc1)NCC(=O)c1ccc(Br)cc1. The van der Waals surface area contributed by atoms with Crippen LogP contribution in [-0.4, -0.2) is 18.4 Å². The van der Waals surface area contributed by atoms with E-state index in [0.717, 1.165) is 16.5 Å². The Kier molecular flexibility index (Phi) is 5.50. The van der Waals surface area contributed by atoms with Gasteiger partial charge in [0.2, 0.25) is 0 Å². The van der Waals surface area contributed by atoms with Crippen LogP contribution in [0.4, 0.5) is 0 Å². The highest BCUT2D eigenvalue weighted by molar-refractivity contribution is 9.10. The molecule has 0 radical (unpaired) electrons. The summed E-state index contributed by atoms with van der Waals surface area (Å²) in [7, 11) is 0. The van der Waals surface area contributed by atoms with Gasteiger partial charge in [-0.25, -0.2) is 0 Å². The lowest BCUT2D eigenvalue weighted by molar-refractivity contribution is 0.0988. The van der Waals surface area contributed by atoms with Crippen molar-refractivity contribution in [3.05, 3.63) is 70.2 Å². The van der Waals surface area contributed by atoms with E-state index in [2.05, 4.69) is 40.3 Å². The third-order valence-corrected chi connectivity index (χ3v) is 3.69. The predicted molar refractivity (Wildman–Crippen MR) is 86.1 cm³/mol. The zero-order valence-corrected chi connectivity index (χ0v) is 13.1. The molecule has 2 aromatic rings. The summed E-state index contributed by atoms with van der Waals surface area (Å²) in [6, 6.07) is 18.0. The van der Waals surface area contributed by atoms with Crippen LogP contribution < -0.4 is 5.32 Å². The fourth-order valence-electron chi connectivity index (χ4n) is 2.04. The van der Waals surface area contributed by atoms with Gasteiger partial charge in [-0.15, -0.1) is 0 Å². The van der Waals surface area contributed by atoms with Crippen LogP contribution in [-0.2, 0) is 6.42 Å². The molecule has 0 unspecified atom stereocenters. The third-order valence-electron chi connectivity index (χ3n) is 3.16. The molecule has 0 fully saturated rings. The number of rotatable bonds is 6. The molecule has 104 valence electrons. The van der Waals surface area contributed by atoms with E-state index in [1.165, 1.54) is 5.56 Å². The van der Waals surface area contributed by atoms with Crippen LogP contribution in [0.3, 0.4) is 0 Å². The predicted octanol–water partition coefficient (Wildman–Crippen LogP) is 3.85. The maximum absolute atomic E-state index is 12.0. The highest BCUT2D eigenvalue weighted by atomic mass is 79.9. The monoisotopic (exact) mass is 331 g/mol. The summed E-state index contributed by atoms with van der Waals surface area (Å²) in [5, 5.41) is 3.28. The zero-order chi connectivity index (χ0) is 14.4. The van der Waals surface area contributed by atoms with E-state index in [1.807, 2.05) is 42.5 Å². The van der Waals surface area contributed by atoms with Gasteiger partial charge in [0.05, 0.1) is 6.54 Å². The molecule has 0 aliphatic rings. The van der Waals surface area contributed by atoms with E-state index < -0.39 is 0 Å². The molecule has 0 amide bonds. The average molecular weight is 332 g/mol. The Bertz CT molecular complexity index is 551. The number of hydrogen-bond donors (Lipinski definition) is 1. The highest BCUT2D eigenvalue weighted by Crippen LogP contribution is 2.11. The van der Waals surface area contributed by atoms with Gasteiger partial charge in [-0.1, -0.05) is 58.4 Å². The molecule has 2 aromatic carbocycles. The number of halogens is 1. The first-order chi connectivity index (χ1) is 9.65. The fraction of sp³-hybridized carbons (Fsp3) is 0.235. The number of carbonyl (C=O) groups is 1. The number of nitrogens with one attached hydrogen (secondary N) is 1. The number of ketones is 1. The van der Waals surface area contributed by atoms with Gasteiger partial charge in [-0.05, 0) is 31.0 Å². The molecule has 0 heterocycles. The van der Waals surface area contributed by atoms with E-state index in [4.69, 9.17) is 0 Å². The lowest BCUT2D eigenvalue weighted by Gasteiger charge is -2.13. The molecule has 0 saturated heterocycles. The van der Waals surface area contributed by atoms with Crippen molar-refractivity contribution in [2.45, 2.75) is 19.4 Å². The molecule has 2 nitrogen and oxygen atoms in total. The summed E-state index contributed by atoms with van der Waals surface area (Å²) >= 11 is 3.37. The van der Waals surface area contributed by atoms with Gasteiger partial charge in [0.25, 0.3) is 0 Å². The lowest BCUT2D eigenvalue weighted by Crippen LogP contribution is -2.33. The topological polar surface area (TPSA) is 29.1 Å². The standard InChI is InChI=1S/C17H18BrNO/c1-13(11-14-5-3-2-4-6-14)19-12-17(20)15-7-9-16(18)10-8-15/h2-10,13,19H,11-12H2,1H3/t13-/m0/s1. The summed E-state index contributed by atoms with van der Waals surface area (Å²) < 4.78 is 0.986. The summed E-state index contributed by atoms with van der Waals surface area (Å²) in [5.74, 6) is 0.123. The van der Waals surface area contributed by atoms with Gasteiger partial charge in [0.15, 0.2) is 5.78 Å². The van der Waals surface area contributed by atoms with Crippen molar-refractivity contribution in [3.8, 4) is 0 Å². The Morgan fingerprint density at radius 1 is 1.10 bits per heavy atom. The molecule has 1 atom stereocenters. The van der Waals surface area contributed by atoms with Gasteiger partial charge in [-0.2, -0.15) is 0 Å². The molecule has 0 saturated carbocycles. The number of Topliss-reactive ketones (excluding diaryl/α,β-unsaturated/α-hetero) is 1. The van der Waals surface area contributed by atoms with Crippen molar-refractivity contribution in [2.24, 2.45) is 0 Å². The summed E-state index contributed by atoms with van der Waals surface area (Å²) in [5.41, 5.74) is 2.02. The van der Waals surface area contributed by atoms with Gasteiger partial charge in [-0.3, -0.25) is 4.79 Å². The van der Waals surface area contributed by atoms with Crippen molar-refractivity contribution in [3.63, 3.8) is 0 Å². The van der Waals surface area contributed by atoms with Gasteiger partial charge >= 0.3 is 0 Å². The van der Waals surface area contributed by atoms with Crippen LogP contribution in [0, 0.1) is 0 Å². The first-order valence-corrected chi connectivity index (χ1v) is 7.50. The van der Waals surface area contributed by atoms with Gasteiger partial charge in [0.1, 0.15) is 0 Å². The van der Waals surface area contributed by atoms with Crippen LogP contribution in [0.15, 0.2) is 59.1 Å². The highest BCUT2D eigenvalue weighted by Gasteiger charge is 2.08. The zero-order valence-electron chi connectivity index (χ0n) is 11.5. The minimum Gasteiger partial charge on any atom is -0.307 e. The molecule has 3 heteroatoms. The Balaban J connectivity index is 1.82. The average Bonchev–Trinajstić information content (AvgIpc) is 2.46. The largest absolute Gasteiger partial charge is 0.307 e. The molecule has 0 spiro atoms. The second-order valence-electron chi connectivity index (χ2n) is 4.90. The van der Waals surface area contributed by atoms with Crippen molar-refractivity contribution in [1.29, 1.82) is 0 Å². The van der Waals surface area contributed by atoms with E-state index in [9.17, 15) is 4.79 Å². The van der Waals surface area contributed by atoms with Gasteiger partial charge < -0.3 is 5.32 Å². The first kappa shape index (κ1) is 14.9. The summed E-state index contributed by atoms with van der Waals surface area (Å²) in [4.78, 5) is 12.0. The van der Waals surface area contributed by atoms with Crippen LogP contribution in [0.5, 0.6) is 0 Å². The normalized spacial score (nSPS) is 12.1. The van der Waals surface area contributed by atoms with Crippen molar-refractivity contribution >= 4 is 21.7 Å². The van der Waals surface area contributed by atoms with Crippen molar-refractivity contribution in [1.82, 2.24) is 5.32 Å². The summed E-state index contributed by atoms with van der Waals surface area (Å²) in [6.45, 7) is 2.47. The smallest absolute Gasteiger partial charge is 0.176 e. The van der Waals surface area contributed by atoms with Crippen molar-refractivity contribution < 1.29 is 4.79 Å². The van der Waals surface area contributed by atoms with E-state index in [-0.39, 0.29) is 11.8 Å². The number of benzene rings is 2. The molecule has 0 aliphatic heterocycles. The third kappa shape index (κ3) is 4.58. The molecule has 0 bridgehead atoms. The van der Waals surface area contributed by atoms with Crippen LogP contribution in [0.1, 0.15) is 22.8 Å². The molecule has 2 rings (SSSR count). The quantitative estimate of drug-likeness (QED) is 0.814. The minimum atomic E-state index is 0.123. The minimum absolute atomic E-state index is 0.123. The number of carbonyl (C=O) groups excluding carboxylic acids is 1. The Morgan fingerprint density at radius 3 is 2.40 bits per heavy atom. The maximum Gasteiger partial charge on any atom is 0.176 e. The number of hydrogen-bond acceptors (Lipinski definition) is 2. The second kappa shape index (κ2) is 7.36. The molecular formula is C17H18BrNO. The van der Waals surface area contributed by atoms with Crippen molar-refractivity contribution in [2.75, 3.05) is 6.54 Å². The van der Waals surface area contributed by atoms with Gasteiger partial charge in [0, 0.05) is 16.1 Å². The maximum atomic E-state index is 12.0. The molecular weight excluding hydrogens is 314 g/mol. The second-order valence-corrected chi connectivity index (χ2v) is 5.82. The fourth-order valence-corrected chi connectivity index (χ4v) is 2.31. The molecule has 0 aromatic heterocycles. The van der Waals surface area contributed by atoms with Crippen LogP contribution in [0.2, 0.25) is 0 Å². The summed E-state index contributed by atoms with van der Waals surface area (Å²) in [6.07, 6.45) is 0.925. The van der Waals surface area contributed by atoms with Crippen LogP contribution in [0.25, 0.3) is 0 Å². The molecule has 20 heavy (non-hydrogen) atoms. The van der Waals surface area contributed by atoms with E-state index in [1.54, 1.807) is 0 Å². The first-order valence-electron chi connectivity index (χ1n) is 6.71. The Labute approximate surface area is 128 Å². The van der Waals surface area contributed by atoms with E-state index >= 15 is 0 Å². The van der Waals surface area contributed by atoms with Crippen LogP contribution >= 0.6 is 15.9 Å². The Hall–Kier alpha value is -1.45. The molecule has 1 N–H and O–H groups in total. The molecule has 0 aliphatic carbocycles.